The van der Waals surface area contributed by atoms with Crippen molar-refractivity contribution in [2.45, 2.75) is 0 Å². The second-order valence-electron chi connectivity index (χ2n) is 2.91. The molecule has 0 N–H and O–H groups in total. The summed E-state index contributed by atoms with van der Waals surface area (Å²) in [4.78, 5) is 14.8. The van der Waals surface area contributed by atoms with Crippen LogP contribution in [0.3, 0.4) is 0 Å². The van der Waals surface area contributed by atoms with Crippen molar-refractivity contribution in [2.75, 3.05) is 0 Å². The van der Waals surface area contributed by atoms with Gasteiger partial charge in [0.05, 0.1) is 17.2 Å². The fraction of sp³-hybridized carbons (Fsp3) is 0.111. The number of aryl methyl sites for hydroxylation is 1. The molecule has 0 amide bonds. The quantitative estimate of drug-likeness (QED) is 0.634. The molecule has 1 heterocycles. The highest BCUT2D eigenvalue weighted by Gasteiger charge is 2.07. The number of hydrogen-bond acceptors (Lipinski definition) is 2. The smallest absolute Gasteiger partial charge is 0.269 e. The van der Waals surface area contributed by atoms with E-state index in [1.807, 2.05) is 0 Å². The fourth-order valence-corrected chi connectivity index (χ4v) is 1.23. The molecule has 0 atom stereocenters. The molecule has 72 valence electrons. The maximum Gasteiger partial charge on any atom is 0.269 e. The van der Waals surface area contributed by atoms with Crippen molar-refractivity contribution >= 4 is 11.0 Å². The van der Waals surface area contributed by atoms with E-state index in [4.69, 9.17) is 0 Å². The van der Waals surface area contributed by atoms with Gasteiger partial charge in [-0.05, 0) is 0 Å². The van der Waals surface area contributed by atoms with Gasteiger partial charge in [0, 0.05) is 19.2 Å². The van der Waals surface area contributed by atoms with Gasteiger partial charge in [-0.3, -0.25) is 4.79 Å². The van der Waals surface area contributed by atoms with Crippen LogP contribution < -0.4 is 5.56 Å². The van der Waals surface area contributed by atoms with E-state index in [9.17, 15) is 13.6 Å². The van der Waals surface area contributed by atoms with Gasteiger partial charge in [0.1, 0.15) is 0 Å². The third-order valence-corrected chi connectivity index (χ3v) is 2.02. The maximum absolute atomic E-state index is 12.8. The zero-order valence-electron chi connectivity index (χ0n) is 7.29. The van der Waals surface area contributed by atoms with Crippen molar-refractivity contribution in [3.8, 4) is 0 Å². The standard InChI is InChI=1S/C9H6F2N2O/c1-13-8-3-6(11)5(10)2-7(8)12-4-9(13)14/h2-4H,1H3. The Kier molecular flexibility index (Phi) is 1.80. The van der Waals surface area contributed by atoms with E-state index in [1.165, 1.54) is 11.6 Å². The summed E-state index contributed by atoms with van der Waals surface area (Å²) in [6, 6.07) is 1.92. The van der Waals surface area contributed by atoms with Crippen molar-refractivity contribution < 1.29 is 8.78 Å². The lowest BCUT2D eigenvalue weighted by atomic mass is 10.3. The van der Waals surface area contributed by atoms with Crippen LogP contribution in [0.4, 0.5) is 8.78 Å². The molecule has 1 aromatic carbocycles. The van der Waals surface area contributed by atoms with Gasteiger partial charge in [0.25, 0.3) is 5.56 Å². The molecule has 0 fully saturated rings. The lowest BCUT2D eigenvalue weighted by Gasteiger charge is -2.03. The normalized spacial score (nSPS) is 10.8. The number of rotatable bonds is 0. The van der Waals surface area contributed by atoms with E-state index in [0.717, 1.165) is 18.3 Å². The van der Waals surface area contributed by atoms with Crippen LogP contribution in [0.5, 0.6) is 0 Å². The molecule has 0 bridgehead atoms. The van der Waals surface area contributed by atoms with Crippen LogP contribution in [0, 0.1) is 11.6 Å². The summed E-state index contributed by atoms with van der Waals surface area (Å²) in [5.74, 6) is -1.95. The molecule has 0 aliphatic carbocycles. The van der Waals surface area contributed by atoms with Gasteiger partial charge in [-0.25, -0.2) is 13.8 Å². The number of aromatic nitrogens is 2. The first-order chi connectivity index (χ1) is 6.59. The molecule has 0 aliphatic rings. The third-order valence-electron chi connectivity index (χ3n) is 2.02. The monoisotopic (exact) mass is 196 g/mol. The van der Waals surface area contributed by atoms with Gasteiger partial charge >= 0.3 is 0 Å². The van der Waals surface area contributed by atoms with Crippen LogP contribution >= 0.6 is 0 Å². The number of benzene rings is 1. The molecular weight excluding hydrogens is 190 g/mol. The van der Waals surface area contributed by atoms with E-state index >= 15 is 0 Å². The number of halogens is 2. The summed E-state index contributed by atoms with van der Waals surface area (Å²) < 4.78 is 26.8. The molecular formula is C9H6F2N2O. The van der Waals surface area contributed by atoms with E-state index < -0.39 is 11.6 Å². The highest BCUT2D eigenvalue weighted by molar-refractivity contribution is 5.74. The average molecular weight is 196 g/mol. The van der Waals surface area contributed by atoms with Crippen molar-refractivity contribution in [3.63, 3.8) is 0 Å². The lowest BCUT2D eigenvalue weighted by molar-refractivity contribution is 0.510. The van der Waals surface area contributed by atoms with Gasteiger partial charge in [-0.1, -0.05) is 0 Å². The molecule has 0 saturated heterocycles. The molecule has 5 heteroatoms. The lowest BCUT2D eigenvalue weighted by Crippen LogP contribution is -2.16. The number of nitrogens with zero attached hydrogens (tertiary/aromatic N) is 2. The molecule has 0 radical (unpaired) electrons. The van der Waals surface area contributed by atoms with Crippen LogP contribution in [0.2, 0.25) is 0 Å². The number of hydrogen-bond donors (Lipinski definition) is 0. The minimum atomic E-state index is -0.986. The topological polar surface area (TPSA) is 34.9 Å². The minimum Gasteiger partial charge on any atom is -0.308 e. The molecule has 14 heavy (non-hydrogen) atoms. The van der Waals surface area contributed by atoms with Crippen LogP contribution in [0.15, 0.2) is 23.1 Å². The average Bonchev–Trinajstić information content (AvgIpc) is 2.15. The summed E-state index contributed by atoms with van der Waals surface area (Å²) in [6.45, 7) is 0. The molecule has 3 nitrogen and oxygen atoms in total. The number of fused-ring (bicyclic) bond motifs is 1. The van der Waals surface area contributed by atoms with Crippen molar-refractivity contribution in [3.05, 3.63) is 40.3 Å². The van der Waals surface area contributed by atoms with Crippen molar-refractivity contribution in [1.29, 1.82) is 0 Å². The SMILES string of the molecule is Cn1c(=O)cnc2cc(F)c(F)cc21. The van der Waals surface area contributed by atoms with Crippen LogP contribution in [0.25, 0.3) is 11.0 Å². The molecule has 1 aromatic heterocycles. The second kappa shape index (κ2) is 2.87. The largest absolute Gasteiger partial charge is 0.308 e. The fourth-order valence-electron chi connectivity index (χ4n) is 1.23. The zero-order valence-corrected chi connectivity index (χ0v) is 7.29. The first kappa shape index (κ1) is 8.80. The first-order valence-electron chi connectivity index (χ1n) is 3.90. The summed E-state index contributed by atoms with van der Waals surface area (Å²) >= 11 is 0. The zero-order chi connectivity index (χ0) is 10.3. The van der Waals surface area contributed by atoms with Gasteiger partial charge < -0.3 is 4.57 Å². The van der Waals surface area contributed by atoms with E-state index in [0.29, 0.717) is 0 Å². The van der Waals surface area contributed by atoms with E-state index in [2.05, 4.69) is 4.98 Å². The van der Waals surface area contributed by atoms with Gasteiger partial charge in [-0.15, -0.1) is 0 Å². The molecule has 2 aromatic rings. The van der Waals surface area contributed by atoms with Gasteiger partial charge in [0.15, 0.2) is 11.6 Å². The van der Waals surface area contributed by atoms with Gasteiger partial charge in [-0.2, -0.15) is 0 Å². The van der Waals surface area contributed by atoms with E-state index in [1.54, 1.807) is 0 Å². The maximum atomic E-state index is 12.8. The van der Waals surface area contributed by atoms with Crippen LogP contribution in [-0.4, -0.2) is 9.55 Å². The predicted octanol–water partition coefficient (Wildman–Crippen LogP) is 1.21. The Bertz CT molecular complexity index is 562. The van der Waals surface area contributed by atoms with Crippen molar-refractivity contribution in [2.24, 2.45) is 7.05 Å². The van der Waals surface area contributed by atoms with E-state index in [-0.39, 0.29) is 16.6 Å². The summed E-state index contributed by atoms with van der Waals surface area (Å²) in [6.07, 6.45) is 1.07. The summed E-state index contributed by atoms with van der Waals surface area (Å²) in [5.41, 5.74) is 0.172. The molecule has 0 saturated carbocycles. The predicted molar refractivity (Wildman–Crippen MR) is 46.9 cm³/mol. The third kappa shape index (κ3) is 1.17. The Morgan fingerprint density at radius 3 is 2.64 bits per heavy atom. The molecule has 0 aliphatic heterocycles. The summed E-state index contributed by atoms with van der Waals surface area (Å²) in [5, 5.41) is 0. The minimum absolute atomic E-state index is 0.256. The molecule has 0 unspecified atom stereocenters. The second-order valence-corrected chi connectivity index (χ2v) is 2.91. The Morgan fingerprint density at radius 2 is 1.93 bits per heavy atom. The Hall–Kier alpha value is -1.78. The Labute approximate surface area is 77.6 Å². The van der Waals surface area contributed by atoms with Gasteiger partial charge in [0.2, 0.25) is 0 Å². The van der Waals surface area contributed by atoms with Crippen LogP contribution in [-0.2, 0) is 7.05 Å². The van der Waals surface area contributed by atoms with Crippen LogP contribution in [0.1, 0.15) is 0 Å². The highest BCUT2D eigenvalue weighted by Crippen LogP contribution is 2.13. The first-order valence-corrected chi connectivity index (χ1v) is 3.90. The Balaban J connectivity index is 2.97. The highest BCUT2D eigenvalue weighted by atomic mass is 19.2. The summed E-state index contributed by atoms with van der Waals surface area (Å²) in [7, 11) is 1.48. The molecule has 0 spiro atoms. The molecule has 2 rings (SSSR count). The Morgan fingerprint density at radius 1 is 1.29 bits per heavy atom. The van der Waals surface area contributed by atoms with Crippen molar-refractivity contribution in [1.82, 2.24) is 9.55 Å².